The van der Waals surface area contributed by atoms with Crippen molar-refractivity contribution in [2.24, 2.45) is 0 Å². The Bertz CT molecular complexity index is 1320. The summed E-state index contributed by atoms with van der Waals surface area (Å²) in [4.78, 5) is 17.7. The molecule has 0 unspecified atom stereocenters. The van der Waals surface area contributed by atoms with E-state index < -0.39 is 0 Å². The SMILES string of the molecule is CCN(CC)CCn1ccc2cc(C(=O)N3CCc4c(cnn4-c4ccccc4Cl)C3)ccc21. The summed E-state index contributed by atoms with van der Waals surface area (Å²) < 4.78 is 4.19. The van der Waals surface area contributed by atoms with E-state index in [-0.39, 0.29) is 5.91 Å². The van der Waals surface area contributed by atoms with Gasteiger partial charge in [0.2, 0.25) is 0 Å². The number of rotatable bonds is 7. The highest BCUT2D eigenvalue weighted by Gasteiger charge is 2.26. The highest BCUT2D eigenvalue weighted by atomic mass is 35.5. The van der Waals surface area contributed by atoms with E-state index in [0.29, 0.717) is 18.1 Å². The van der Waals surface area contributed by atoms with E-state index >= 15 is 0 Å². The van der Waals surface area contributed by atoms with Crippen molar-refractivity contribution in [1.29, 1.82) is 0 Å². The molecule has 176 valence electrons. The molecule has 0 atom stereocenters. The largest absolute Gasteiger partial charge is 0.346 e. The van der Waals surface area contributed by atoms with Gasteiger partial charge < -0.3 is 14.4 Å². The van der Waals surface area contributed by atoms with Crippen LogP contribution < -0.4 is 0 Å². The number of nitrogens with zero attached hydrogens (tertiary/aromatic N) is 5. The Hall–Kier alpha value is -3.09. The molecule has 0 bridgehead atoms. The minimum atomic E-state index is 0.0638. The summed E-state index contributed by atoms with van der Waals surface area (Å²) in [5.41, 5.74) is 4.98. The van der Waals surface area contributed by atoms with Crippen LogP contribution in [0, 0.1) is 0 Å². The van der Waals surface area contributed by atoms with Crippen molar-refractivity contribution in [2.75, 3.05) is 26.2 Å². The summed E-state index contributed by atoms with van der Waals surface area (Å²) in [7, 11) is 0. The van der Waals surface area contributed by atoms with E-state index in [1.54, 1.807) is 0 Å². The number of carbonyl (C=O) groups is 1. The Balaban J connectivity index is 1.32. The molecule has 6 nitrogen and oxygen atoms in total. The molecule has 1 aliphatic heterocycles. The van der Waals surface area contributed by atoms with E-state index in [1.807, 2.05) is 52.2 Å². The fraction of sp³-hybridized carbons (Fsp3) is 0.333. The zero-order valence-corrected chi connectivity index (χ0v) is 20.5. The minimum absolute atomic E-state index is 0.0638. The fourth-order valence-corrected chi connectivity index (χ4v) is 5.05. The van der Waals surface area contributed by atoms with Crippen molar-refractivity contribution in [1.82, 2.24) is 24.1 Å². The van der Waals surface area contributed by atoms with Gasteiger partial charge in [0, 0.05) is 60.8 Å². The van der Waals surface area contributed by atoms with Gasteiger partial charge in [-0.3, -0.25) is 4.79 Å². The van der Waals surface area contributed by atoms with Gasteiger partial charge in [-0.25, -0.2) is 4.68 Å². The monoisotopic (exact) mass is 475 g/mol. The van der Waals surface area contributed by atoms with Crippen LogP contribution >= 0.6 is 11.6 Å². The van der Waals surface area contributed by atoms with Crippen LogP contribution in [0.25, 0.3) is 16.6 Å². The lowest BCUT2D eigenvalue weighted by Crippen LogP contribution is -2.36. The summed E-state index contributed by atoms with van der Waals surface area (Å²) in [6, 6.07) is 15.9. The highest BCUT2D eigenvalue weighted by Crippen LogP contribution is 2.27. The minimum Gasteiger partial charge on any atom is -0.346 e. The molecular weight excluding hydrogens is 446 g/mol. The molecule has 1 amide bonds. The van der Waals surface area contributed by atoms with Crippen LogP contribution in [0.4, 0.5) is 0 Å². The van der Waals surface area contributed by atoms with Crippen molar-refractivity contribution in [3.63, 3.8) is 0 Å². The van der Waals surface area contributed by atoms with Crippen LogP contribution in [0.2, 0.25) is 5.02 Å². The highest BCUT2D eigenvalue weighted by molar-refractivity contribution is 6.32. The molecule has 0 saturated heterocycles. The van der Waals surface area contributed by atoms with Crippen LogP contribution in [-0.4, -0.2) is 56.2 Å². The van der Waals surface area contributed by atoms with Crippen molar-refractivity contribution in [3.05, 3.63) is 82.8 Å². The van der Waals surface area contributed by atoms with Gasteiger partial charge in [-0.15, -0.1) is 0 Å². The fourth-order valence-electron chi connectivity index (χ4n) is 4.84. The second-order valence-corrected chi connectivity index (χ2v) is 9.17. The zero-order valence-electron chi connectivity index (χ0n) is 19.7. The number of likely N-dealkylation sites (N-methyl/N-ethyl adjacent to an activating group) is 1. The molecule has 2 aromatic heterocycles. The van der Waals surface area contributed by atoms with Crippen LogP contribution in [0.1, 0.15) is 35.5 Å². The smallest absolute Gasteiger partial charge is 0.254 e. The lowest BCUT2D eigenvalue weighted by Gasteiger charge is -2.27. The molecule has 0 N–H and O–H groups in total. The Kier molecular flexibility index (Phi) is 6.44. The topological polar surface area (TPSA) is 46.3 Å². The van der Waals surface area contributed by atoms with E-state index in [0.717, 1.165) is 60.5 Å². The molecule has 1 aliphatic rings. The second kappa shape index (κ2) is 9.65. The third kappa shape index (κ3) is 4.24. The summed E-state index contributed by atoms with van der Waals surface area (Å²) in [5, 5.41) is 6.35. The summed E-state index contributed by atoms with van der Waals surface area (Å²) in [6.07, 6.45) is 4.73. The average Bonchev–Trinajstić information content (AvgIpc) is 3.48. The summed E-state index contributed by atoms with van der Waals surface area (Å²) in [6.45, 7) is 9.69. The molecule has 0 saturated carbocycles. The van der Waals surface area contributed by atoms with E-state index in [1.165, 1.54) is 5.52 Å². The molecule has 0 radical (unpaired) electrons. The Morgan fingerprint density at radius 3 is 2.74 bits per heavy atom. The molecule has 5 rings (SSSR count). The molecule has 0 spiro atoms. The predicted octanol–water partition coefficient (Wildman–Crippen LogP) is 5.02. The molecule has 0 aliphatic carbocycles. The van der Waals surface area contributed by atoms with E-state index in [4.69, 9.17) is 11.6 Å². The maximum atomic E-state index is 13.3. The Morgan fingerprint density at radius 1 is 1.12 bits per heavy atom. The van der Waals surface area contributed by atoms with Gasteiger partial charge >= 0.3 is 0 Å². The van der Waals surface area contributed by atoms with Gasteiger partial charge in [0.05, 0.1) is 22.6 Å². The van der Waals surface area contributed by atoms with Crippen LogP contribution in [0.15, 0.2) is 60.9 Å². The van der Waals surface area contributed by atoms with E-state index in [9.17, 15) is 4.79 Å². The predicted molar refractivity (Wildman–Crippen MR) is 137 cm³/mol. The number of fused-ring (bicyclic) bond motifs is 2. The first-order valence-corrected chi connectivity index (χ1v) is 12.4. The van der Waals surface area contributed by atoms with Gasteiger partial charge in [0.1, 0.15) is 0 Å². The van der Waals surface area contributed by atoms with Gasteiger partial charge in [0.25, 0.3) is 5.91 Å². The molecule has 3 heterocycles. The Morgan fingerprint density at radius 2 is 1.94 bits per heavy atom. The normalized spacial score (nSPS) is 13.6. The van der Waals surface area contributed by atoms with Crippen LogP contribution in [0.3, 0.4) is 0 Å². The number of benzene rings is 2. The van der Waals surface area contributed by atoms with Gasteiger partial charge in [0.15, 0.2) is 0 Å². The summed E-state index contributed by atoms with van der Waals surface area (Å²) >= 11 is 6.39. The van der Waals surface area contributed by atoms with E-state index in [2.05, 4.69) is 46.7 Å². The van der Waals surface area contributed by atoms with Crippen molar-refractivity contribution >= 4 is 28.4 Å². The lowest BCUT2D eigenvalue weighted by atomic mass is 10.1. The van der Waals surface area contributed by atoms with Gasteiger partial charge in [-0.1, -0.05) is 37.6 Å². The van der Waals surface area contributed by atoms with Crippen molar-refractivity contribution < 1.29 is 4.79 Å². The quantitative estimate of drug-likeness (QED) is 0.377. The molecule has 34 heavy (non-hydrogen) atoms. The maximum Gasteiger partial charge on any atom is 0.254 e. The number of hydrogen-bond acceptors (Lipinski definition) is 3. The van der Waals surface area contributed by atoms with Crippen molar-refractivity contribution in [3.8, 4) is 5.69 Å². The van der Waals surface area contributed by atoms with Crippen LogP contribution in [-0.2, 0) is 19.5 Å². The number of hydrogen-bond donors (Lipinski definition) is 0. The van der Waals surface area contributed by atoms with Gasteiger partial charge in [-0.2, -0.15) is 5.10 Å². The first-order chi connectivity index (χ1) is 16.6. The maximum absolute atomic E-state index is 13.3. The molecule has 4 aromatic rings. The summed E-state index contributed by atoms with van der Waals surface area (Å²) in [5.74, 6) is 0.0638. The average molecular weight is 476 g/mol. The first-order valence-electron chi connectivity index (χ1n) is 12.0. The molecule has 0 fully saturated rings. The number of para-hydroxylation sites is 1. The third-order valence-electron chi connectivity index (χ3n) is 6.87. The second-order valence-electron chi connectivity index (χ2n) is 8.77. The molecular formula is C27H30ClN5O. The van der Waals surface area contributed by atoms with Crippen LogP contribution in [0.5, 0.6) is 0 Å². The molecule has 7 heteroatoms. The number of carbonyl (C=O) groups excluding carboxylic acids is 1. The Labute approximate surface area is 205 Å². The zero-order chi connectivity index (χ0) is 23.7. The number of halogens is 1. The standard InChI is InChI=1S/C27H30ClN5O/c1-3-30(4-2)15-16-31-13-11-20-17-21(9-10-24(20)31)27(34)32-14-12-25-22(19-32)18-29-33(25)26-8-6-5-7-23(26)28/h5-11,13,17-18H,3-4,12,14-16,19H2,1-2H3. The number of amides is 1. The molecule has 2 aromatic carbocycles. The first kappa shape index (κ1) is 22.7. The number of aromatic nitrogens is 3. The van der Waals surface area contributed by atoms with Crippen molar-refractivity contribution in [2.45, 2.75) is 33.4 Å². The van der Waals surface area contributed by atoms with Gasteiger partial charge in [-0.05, 0) is 49.5 Å². The third-order valence-corrected chi connectivity index (χ3v) is 7.19. The lowest BCUT2D eigenvalue weighted by molar-refractivity contribution is 0.0734.